The van der Waals surface area contributed by atoms with Gasteiger partial charge in [-0.25, -0.2) is 4.98 Å². The number of benzene rings is 2. The Morgan fingerprint density at radius 2 is 1.96 bits per heavy atom. The number of hydrogen-bond acceptors (Lipinski definition) is 6. The number of nitrogens with one attached hydrogen (secondary N) is 1. The third kappa shape index (κ3) is 4.74. The van der Waals surface area contributed by atoms with E-state index in [0.717, 1.165) is 10.7 Å². The Hall–Kier alpha value is -2.77. The van der Waals surface area contributed by atoms with Gasteiger partial charge < -0.3 is 19.5 Å². The minimum absolute atomic E-state index is 0.308. The third-order valence-electron chi connectivity index (χ3n) is 3.87. The molecule has 1 N–H and O–H groups in total. The molecule has 0 aliphatic rings. The van der Waals surface area contributed by atoms with Gasteiger partial charge in [-0.2, -0.15) is 0 Å². The van der Waals surface area contributed by atoms with Crippen molar-refractivity contribution in [1.82, 2.24) is 4.98 Å². The van der Waals surface area contributed by atoms with Crippen LogP contribution >= 0.6 is 22.9 Å². The van der Waals surface area contributed by atoms with Gasteiger partial charge in [-0.3, -0.25) is 4.79 Å². The van der Waals surface area contributed by atoms with Crippen LogP contribution in [0, 0.1) is 6.92 Å². The van der Waals surface area contributed by atoms with Crippen molar-refractivity contribution < 1.29 is 19.0 Å². The van der Waals surface area contributed by atoms with Crippen molar-refractivity contribution in [2.45, 2.75) is 13.5 Å². The number of aryl methyl sites for hydroxylation is 1. The van der Waals surface area contributed by atoms with Gasteiger partial charge in [-0.05, 0) is 25.1 Å². The predicted molar refractivity (Wildman–Crippen MR) is 110 cm³/mol. The summed E-state index contributed by atoms with van der Waals surface area (Å²) in [6.07, 6.45) is 0. The Morgan fingerprint density at radius 3 is 2.64 bits per heavy atom. The Morgan fingerprint density at radius 1 is 1.18 bits per heavy atom. The van der Waals surface area contributed by atoms with Gasteiger partial charge in [0.2, 0.25) is 0 Å². The molecule has 1 heterocycles. The van der Waals surface area contributed by atoms with E-state index in [4.69, 9.17) is 25.8 Å². The van der Waals surface area contributed by atoms with Gasteiger partial charge in [0.1, 0.15) is 23.9 Å². The molecule has 2 aromatic carbocycles. The average molecular weight is 419 g/mol. The lowest BCUT2D eigenvalue weighted by atomic mass is 10.2. The predicted octanol–water partition coefficient (Wildman–Crippen LogP) is 4.95. The minimum Gasteiger partial charge on any atom is -0.495 e. The third-order valence-corrected chi connectivity index (χ3v) is 4.99. The number of halogens is 1. The fourth-order valence-electron chi connectivity index (χ4n) is 2.51. The summed E-state index contributed by atoms with van der Waals surface area (Å²) in [6.45, 7) is 2.29. The van der Waals surface area contributed by atoms with Crippen LogP contribution in [0.4, 0.5) is 5.69 Å². The molecule has 6 nitrogen and oxygen atoms in total. The van der Waals surface area contributed by atoms with Crippen LogP contribution in [0.2, 0.25) is 5.02 Å². The highest BCUT2D eigenvalue weighted by Crippen LogP contribution is 2.36. The second-order valence-corrected chi connectivity index (χ2v) is 7.28. The summed E-state index contributed by atoms with van der Waals surface area (Å²) in [5.74, 6) is 1.15. The monoisotopic (exact) mass is 418 g/mol. The van der Waals surface area contributed by atoms with E-state index in [1.807, 2.05) is 12.3 Å². The van der Waals surface area contributed by atoms with Crippen LogP contribution in [0.5, 0.6) is 17.2 Å². The van der Waals surface area contributed by atoms with Crippen molar-refractivity contribution in [3.8, 4) is 17.2 Å². The number of nitrogens with zero attached hydrogens (tertiary/aromatic N) is 1. The summed E-state index contributed by atoms with van der Waals surface area (Å²) < 4.78 is 16.2. The molecule has 0 atom stereocenters. The number of carbonyl (C=O) groups is 1. The van der Waals surface area contributed by atoms with Crippen molar-refractivity contribution in [2.24, 2.45) is 0 Å². The number of aromatic nitrogens is 1. The lowest BCUT2D eigenvalue weighted by molar-refractivity contribution is 0.102. The van der Waals surface area contributed by atoms with Gasteiger partial charge >= 0.3 is 0 Å². The topological polar surface area (TPSA) is 69.7 Å². The summed E-state index contributed by atoms with van der Waals surface area (Å²) in [4.78, 5) is 17.0. The fourth-order valence-corrected chi connectivity index (χ4v) is 3.34. The highest BCUT2D eigenvalue weighted by Gasteiger charge is 2.14. The molecule has 0 radical (unpaired) electrons. The van der Waals surface area contributed by atoms with E-state index >= 15 is 0 Å². The Bertz CT molecular complexity index is 990. The molecule has 8 heteroatoms. The number of ether oxygens (including phenoxy) is 3. The summed E-state index contributed by atoms with van der Waals surface area (Å²) in [6, 6.07) is 10.1. The van der Waals surface area contributed by atoms with Crippen molar-refractivity contribution in [2.75, 3.05) is 19.5 Å². The van der Waals surface area contributed by atoms with E-state index in [9.17, 15) is 4.79 Å². The molecule has 0 unspecified atom stereocenters. The zero-order valence-corrected chi connectivity index (χ0v) is 17.2. The number of amides is 1. The first-order chi connectivity index (χ1) is 13.5. The maximum Gasteiger partial charge on any atom is 0.255 e. The molecule has 1 aromatic heterocycles. The number of methoxy groups -OCH3 is 2. The van der Waals surface area contributed by atoms with Gasteiger partial charge in [0.05, 0.1) is 35.6 Å². The van der Waals surface area contributed by atoms with Crippen LogP contribution in [0.15, 0.2) is 41.8 Å². The number of hydrogen-bond donors (Lipinski definition) is 1. The number of thiazole rings is 1. The molecular weight excluding hydrogens is 400 g/mol. The lowest BCUT2D eigenvalue weighted by Crippen LogP contribution is -2.13. The molecule has 0 saturated carbocycles. The molecule has 0 bridgehead atoms. The average Bonchev–Trinajstić information content (AvgIpc) is 3.12. The van der Waals surface area contributed by atoms with Crippen LogP contribution in [0.1, 0.15) is 21.1 Å². The van der Waals surface area contributed by atoms with Gasteiger partial charge in [0.25, 0.3) is 5.91 Å². The Balaban J connectivity index is 1.74. The highest BCUT2D eigenvalue weighted by atomic mass is 35.5. The van der Waals surface area contributed by atoms with Crippen molar-refractivity contribution in [3.05, 3.63) is 63.1 Å². The smallest absolute Gasteiger partial charge is 0.255 e. The molecule has 1 amide bonds. The summed E-state index contributed by atoms with van der Waals surface area (Å²) in [7, 11) is 3.01. The van der Waals surface area contributed by atoms with Crippen LogP contribution in [0.25, 0.3) is 0 Å². The van der Waals surface area contributed by atoms with E-state index < -0.39 is 0 Å². The first-order valence-corrected chi connectivity index (χ1v) is 9.62. The number of rotatable bonds is 7. The maximum absolute atomic E-state index is 12.7. The molecule has 3 rings (SSSR count). The van der Waals surface area contributed by atoms with Gasteiger partial charge in [-0.1, -0.05) is 17.7 Å². The Kier molecular flexibility index (Phi) is 6.38. The van der Waals surface area contributed by atoms with E-state index in [2.05, 4.69) is 10.3 Å². The SMILES string of the molecule is COc1cc(NC(=O)c2cccc(OCc3csc(C)n3)c2)c(OC)cc1Cl. The fraction of sp³-hybridized carbons (Fsp3) is 0.200. The van der Waals surface area contributed by atoms with Gasteiger partial charge in [-0.15, -0.1) is 11.3 Å². The zero-order valence-electron chi connectivity index (χ0n) is 15.6. The normalized spacial score (nSPS) is 10.4. The first-order valence-electron chi connectivity index (χ1n) is 8.37. The zero-order chi connectivity index (χ0) is 20.1. The molecular formula is C20H19ClN2O4S. The summed E-state index contributed by atoms with van der Waals surface area (Å²) in [5.41, 5.74) is 1.76. The highest BCUT2D eigenvalue weighted by molar-refractivity contribution is 7.09. The van der Waals surface area contributed by atoms with Crippen LogP contribution in [0.3, 0.4) is 0 Å². The molecule has 28 heavy (non-hydrogen) atoms. The number of carbonyl (C=O) groups excluding carboxylic acids is 1. The molecule has 0 spiro atoms. The first kappa shape index (κ1) is 20.0. The molecule has 0 saturated heterocycles. The van der Waals surface area contributed by atoms with E-state index in [0.29, 0.717) is 40.1 Å². The molecule has 0 aliphatic carbocycles. The second-order valence-electron chi connectivity index (χ2n) is 5.82. The van der Waals surface area contributed by atoms with Crippen molar-refractivity contribution in [1.29, 1.82) is 0 Å². The largest absolute Gasteiger partial charge is 0.495 e. The standard InChI is InChI=1S/C20H19ClN2O4S/c1-12-22-14(11-28-12)10-27-15-6-4-5-13(7-15)20(24)23-17-9-18(25-2)16(21)8-19(17)26-3/h4-9,11H,10H2,1-3H3,(H,23,24). The van der Waals surface area contributed by atoms with E-state index in [1.165, 1.54) is 14.2 Å². The van der Waals surface area contributed by atoms with E-state index in [1.54, 1.807) is 47.7 Å². The number of anilines is 1. The van der Waals surface area contributed by atoms with Crippen LogP contribution < -0.4 is 19.5 Å². The molecule has 146 valence electrons. The summed E-state index contributed by atoms with van der Waals surface area (Å²) in [5, 5.41) is 6.14. The van der Waals surface area contributed by atoms with Gasteiger partial charge in [0, 0.05) is 23.1 Å². The molecule has 0 aliphatic heterocycles. The van der Waals surface area contributed by atoms with Crippen molar-refractivity contribution >= 4 is 34.5 Å². The molecule has 0 fully saturated rings. The summed E-state index contributed by atoms with van der Waals surface area (Å²) >= 11 is 7.67. The minimum atomic E-state index is -0.308. The lowest BCUT2D eigenvalue weighted by Gasteiger charge is -2.13. The van der Waals surface area contributed by atoms with Crippen molar-refractivity contribution in [3.63, 3.8) is 0 Å². The van der Waals surface area contributed by atoms with Gasteiger partial charge in [0.15, 0.2) is 0 Å². The maximum atomic E-state index is 12.7. The molecule has 3 aromatic rings. The Labute approximate surface area is 172 Å². The van der Waals surface area contributed by atoms with E-state index in [-0.39, 0.29) is 5.91 Å². The quantitative estimate of drug-likeness (QED) is 0.587. The van der Waals surface area contributed by atoms with Crippen LogP contribution in [-0.4, -0.2) is 25.1 Å². The van der Waals surface area contributed by atoms with Crippen LogP contribution in [-0.2, 0) is 6.61 Å². The second kappa shape index (κ2) is 8.95.